The van der Waals surface area contributed by atoms with Gasteiger partial charge >= 0.3 is 0 Å². The topological polar surface area (TPSA) is 51.5 Å². The molecular weight excluding hydrogens is 262 g/mol. The van der Waals surface area contributed by atoms with E-state index in [-0.39, 0.29) is 12.0 Å². The summed E-state index contributed by atoms with van der Waals surface area (Å²) in [6.45, 7) is 1.17. The zero-order chi connectivity index (χ0) is 10.7. The van der Waals surface area contributed by atoms with E-state index in [1.807, 2.05) is 6.07 Å². The zero-order valence-electron chi connectivity index (χ0n) is 8.16. The van der Waals surface area contributed by atoms with Gasteiger partial charge in [-0.3, -0.25) is 4.79 Å². The molecule has 4 nitrogen and oxygen atoms in total. The monoisotopic (exact) mass is 273 g/mol. The number of furan rings is 1. The van der Waals surface area contributed by atoms with Crippen LogP contribution in [0.2, 0.25) is 0 Å². The van der Waals surface area contributed by atoms with Crippen molar-refractivity contribution in [2.75, 3.05) is 6.61 Å². The first-order valence-corrected chi connectivity index (χ1v) is 5.67. The fraction of sp³-hybridized carbons (Fsp3) is 0.500. The molecule has 1 saturated heterocycles. The Morgan fingerprint density at radius 2 is 2.53 bits per heavy atom. The lowest BCUT2D eigenvalue weighted by molar-refractivity contribution is -0.130. The first kappa shape index (κ1) is 10.7. The molecule has 2 heterocycles. The van der Waals surface area contributed by atoms with Crippen molar-refractivity contribution >= 4 is 21.8 Å². The second-order valence-corrected chi connectivity index (χ2v) is 4.26. The molecule has 82 valence electrons. The molecule has 5 heteroatoms. The maximum atomic E-state index is 11.5. The van der Waals surface area contributed by atoms with Crippen LogP contribution < -0.4 is 5.32 Å². The van der Waals surface area contributed by atoms with Gasteiger partial charge in [-0.2, -0.15) is 0 Å². The highest BCUT2D eigenvalue weighted by molar-refractivity contribution is 9.10. The van der Waals surface area contributed by atoms with Crippen LogP contribution in [0.4, 0.5) is 0 Å². The van der Waals surface area contributed by atoms with Gasteiger partial charge in [-0.25, -0.2) is 0 Å². The fourth-order valence-corrected chi connectivity index (χ4v) is 1.91. The number of ether oxygens (including phenoxy) is 1. The van der Waals surface area contributed by atoms with Gasteiger partial charge in [-0.1, -0.05) is 0 Å². The fourth-order valence-electron chi connectivity index (χ4n) is 1.53. The first-order chi connectivity index (χ1) is 7.25. The molecule has 1 aromatic heterocycles. The van der Waals surface area contributed by atoms with Crippen LogP contribution in [0.3, 0.4) is 0 Å². The van der Waals surface area contributed by atoms with Crippen LogP contribution >= 0.6 is 15.9 Å². The maximum absolute atomic E-state index is 11.5. The van der Waals surface area contributed by atoms with Crippen molar-refractivity contribution in [1.82, 2.24) is 5.32 Å². The molecule has 1 aliphatic heterocycles. The summed E-state index contributed by atoms with van der Waals surface area (Å²) in [6.07, 6.45) is 3.14. The third kappa shape index (κ3) is 2.82. The van der Waals surface area contributed by atoms with E-state index in [9.17, 15) is 4.79 Å². The van der Waals surface area contributed by atoms with Gasteiger partial charge in [0, 0.05) is 18.7 Å². The van der Waals surface area contributed by atoms with Crippen molar-refractivity contribution in [2.45, 2.75) is 25.5 Å². The molecule has 0 saturated carbocycles. The van der Waals surface area contributed by atoms with Gasteiger partial charge in [0.15, 0.2) is 4.67 Å². The lowest BCUT2D eigenvalue weighted by Crippen LogP contribution is -2.33. The van der Waals surface area contributed by atoms with Gasteiger partial charge in [-0.05, 0) is 34.8 Å². The number of nitrogens with one attached hydrogen (secondary N) is 1. The minimum Gasteiger partial charge on any atom is -0.457 e. The third-order valence-corrected chi connectivity index (χ3v) is 2.73. The number of amides is 1. The van der Waals surface area contributed by atoms with Crippen LogP contribution in [-0.2, 0) is 16.1 Å². The molecule has 0 unspecified atom stereocenters. The molecule has 1 fully saturated rings. The average molecular weight is 274 g/mol. The van der Waals surface area contributed by atoms with E-state index < -0.39 is 0 Å². The molecule has 0 aliphatic carbocycles. The number of hydrogen-bond acceptors (Lipinski definition) is 3. The number of carbonyl (C=O) groups is 1. The highest BCUT2D eigenvalue weighted by Crippen LogP contribution is 2.15. The van der Waals surface area contributed by atoms with Crippen molar-refractivity contribution in [1.29, 1.82) is 0 Å². The van der Waals surface area contributed by atoms with Gasteiger partial charge in [0.1, 0.15) is 6.10 Å². The van der Waals surface area contributed by atoms with E-state index in [1.165, 1.54) is 0 Å². The van der Waals surface area contributed by atoms with Gasteiger partial charge in [0.2, 0.25) is 5.91 Å². The predicted octanol–water partition coefficient (Wildman–Crippen LogP) is 1.84. The average Bonchev–Trinajstić information content (AvgIpc) is 2.84. The van der Waals surface area contributed by atoms with Crippen LogP contribution in [0.15, 0.2) is 21.4 Å². The van der Waals surface area contributed by atoms with Crippen molar-refractivity contribution in [3.63, 3.8) is 0 Å². The molecular formula is C10H12BrNO3. The molecule has 2 rings (SSSR count). The summed E-state index contributed by atoms with van der Waals surface area (Å²) in [5.74, 6) is -0.0372. The molecule has 0 aromatic carbocycles. The predicted molar refractivity (Wildman–Crippen MR) is 57.2 cm³/mol. The molecule has 1 atom stereocenters. The summed E-state index contributed by atoms with van der Waals surface area (Å²) in [7, 11) is 0. The summed E-state index contributed by atoms with van der Waals surface area (Å²) in [5, 5.41) is 2.81. The van der Waals surface area contributed by atoms with Crippen LogP contribution in [0, 0.1) is 0 Å². The zero-order valence-corrected chi connectivity index (χ0v) is 9.75. The Bertz CT molecular complexity index is 344. The summed E-state index contributed by atoms with van der Waals surface area (Å²) < 4.78 is 11.0. The van der Waals surface area contributed by atoms with Crippen molar-refractivity contribution in [2.24, 2.45) is 0 Å². The van der Waals surface area contributed by atoms with Crippen molar-refractivity contribution < 1.29 is 13.9 Å². The Balaban J connectivity index is 1.80. The van der Waals surface area contributed by atoms with E-state index in [4.69, 9.17) is 9.15 Å². The maximum Gasteiger partial charge on any atom is 0.249 e. The standard InChI is InChI=1S/C10H12BrNO3/c11-9-4-7(6-15-9)5-12-10(13)8-2-1-3-14-8/h4,6,8H,1-3,5H2,(H,12,13)/t8-/m0/s1. The van der Waals surface area contributed by atoms with Gasteiger partial charge in [0.25, 0.3) is 0 Å². The molecule has 1 aromatic rings. The number of rotatable bonds is 3. The SMILES string of the molecule is O=C(NCc1coc(Br)c1)[C@@H]1CCCO1. The summed E-state index contributed by atoms with van der Waals surface area (Å²) in [4.78, 5) is 11.5. The Hall–Kier alpha value is -0.810. The third-order valence-electron chi connectivity index (χ3n) is 2.31. The lowest BCUT2D eigenvalue weighted by atomic mass is 10.2. The van der Waals surface area contributed by atoms with E-state index in [0.717, 1.165) is 18.4 Å². The minimum absolute atomic E-state index is 0.0372. The van der Waals surface area contributed by atoms with Crippen LogP contribution in [0.5, 0.6) is 0 Å². The smallest absolute Gasteiger partial charge is 0.249 e. The second kappa shape index (κ2) is 4.81. The van der Waals surface area contributed by atoms with Gasteiger partial charge in [0.05, 0.1) is 6.26 Å². The van der Waals surface area contributed by atoms with Crippen molar-refractivity contribution in [3.05, 3.63) is 22.6 Å². The largest absolute Gasteiger partial charge is 0.457 e. The minimum atomic E-state index is -0.264. The molecule has 0 radical (unpaired) electrons. The number of halogens is 1. The molecule has 0 bridgehead atoms. The molecule has 0 spiro atoms. The lowest BCUT2D eigenvalue weighted by Gasteiger charge is -2.08. The molecule has 1 amide bonds. The Labute approximate surface area is 96.1 Å². The quantitative estimate of drug-likeness (QED) is 0.915. The summed E-state index contributed by atoms with van der Waals surface area (Å²) in [6, 6.07) is 1.83. The van der Waals surface area contributed by atoms with Crippen LogP contribution in [0.1, 0.15) is 18.4 Å². The van der Waals surface area contributed by atoms with E-state index in [1.54, 1.807) is 6.26 Å². The molecule has 15 heavy (non-hydrogen) atoms. The molecule has 1 N–H and O–H groups in total. The summed E-state index contributed by atoms with van der Waals surface area (Å²) in [5.41, 5.74) is 0.938. The van der Waals surface area contributed by atoms with Gasteiger partial charge in [-0.15, -0.1) is 0 Å². The van der Waals surface area contributed by atoms with Crippen molar-refractivity contribution in [3.8, 4) is 0 Å². The number of carbonyl (C=O) groups excluding carboxylic acids is 1. The highest BCUT2D eigenvalue weighted by Gasteiger charge is 2.23. The van der Waals surface area contributed by atoms with E-state index >= 15 is 0 Å². The Morgan fingerprint density at radius 3 is 3.13 bits per heavy atom. The Kier molecular flexibility index (Phi) is 3.43. The normalized spacial score (nSPS) is 20.5. The van der Waals surface area contributed by atoms with Gasteiger partial charge < -0.3 is 14.5 Å². The van der Waals surface area contributed by atoms with E-state index in [0.29, 0.717) is 17.8 Å². The first-order valence-electron chi connectivity index (χ1n) is 4.88. The second-order valence-electron chi connectivity index (χ2n) is 3.48. The number of hydrogen-bond donors (Lipinski definition) is 1. The summed E-state index contributed by atoms with van der Waals surface area (Å²) >= 11 is 3.20. The van der Waals surface area contributed by atoms with Crippen LogP contribution in [-0.4, -0.2) is 18.6 Å². The molecule has 1 aliphatic rings. The van der Waals surface area contributed by atoms with E-state index in [2.05, 4.69) is 21.2 Å². The Morgan fingerprint density at radius 1 is 1.67 bits per heavy atom. The van der Waals surface area contributed by atoms with Crippen LogP contribution in [0.25, 0.3) is 0 Å². The highest BCUT2D eigenvalue weighted by atomic mass is 79.9.